The highest BCUT2D eigenvalue weighted by Crippen LogP contribution is 2.21. The summed E-state index contributed by atoms with van der Waals surface area (Å²) in [6.07, 6.45) is -5.33. The Hall–Kier alpha value is -0.240. The Balaban J connectivity index is 2.52. The van der Waals surface area contributed by atoms with Gasteiger partial charge in [0.1, 0.15) is 18.3 Å². The summed E-state index contributed by atoms with van der Waals surface area (Å²) in [5, 5.41) is 36.6. The van der Waals surface area contributed by atoms with Gasteiger partial charge in [-0.2, -0.15) is 0 Å². The molecule has 1 rings (SSSR count). The summed E-state index contributed by atoms with van der Waals surface area (Å²) in [6.45, 7) is 1.38. The molecule has 6 nitrogen and oxygen atoms in total. The second kappa shape index (κ2) is 5.01. The van der Waals surface area contributed by atoms with Crippen LogP contribution in [0, 0.1) is 0 Å². The molecule has 0 aromatic rings. The Kier molecular flexibility index (Phi) is 4.24. The predicted octanol–water partition coefficient (Wildman–Crippen LogP) is -2.18. The van der Waals surface area contributed by atoms with E-state index >= 15 is 0 Å². The summed E-state index contributed by atoms with van der Waals surface area (Å²) in [4.78, 5) is 0. The van der Waals surface area contributed by atoms with E-state index in [1.54, 1.807) is 6.92 Å². The van der Waals surface area contributed by atoms with Gasteiger partial charge in [0.05, 0.1) is 19.3 Å². The van der Waals surface area contributed by atoms with Crippen LogP contribution in [0.2, 0.25) is 0 Å². The molecule has 0 spiro atoms. The molecular weight excluding hydrogens is 192 g/mol. The molecule has 1 heterocycles. The Morgan fingerprint density at radius 1 is 1.14 bits per heavy atom. The standard InChI is InChI=1S/C8H16O6/c1-4-5(10)6(11)7(12)8(14-4)13-3-2-9/h4-12H,2-3H2,1H3/t4?,5?,6?,7?,8-/m1/s1. The van der Waals surface area contributed by atoms with Crippen molar-refractivity contribution in [2.24, 2.45) is 0 Å². The van der Waals surface area contributed by atoms with Crippen LogP contribution in [0.5, 0.6) is 0 Å². The summed E-state index contributed by atoms with van der Waals surface area (Å²) in [7, 11) is 0. The van der Waals surface area contributed by atoms with Gasteiger partial charge in [0.2, 0.25) is 0 Å². The van der Waals surface area contributed by atoms with Gasteiger partial charge in [-0.25, -0.2) is 0 Å². The van der Waals surface area contributed by atoms with Gasteiger partial charge in [-0.3, -0.25) is 0 Å². The van der Waals surface area contributed by atoms with Gasteiger partial charge >= 0.3 is 0 Å². The van der Waals surface area contributed by atoms with Crippen molar-refractivity contribution in [3.8, 4) is 0 Å². The first kappa shape index (κ1) is 11.8. The number of hydrogen-bond acceptors (Lipinski definition) is 6. The lowest BCUT2D eigenvalue weighted by Crippen LogP contribution is -2.57. The third-order valence-electron chi connectivity index (χ3n) is 2.18. The molecule has 4 N–H and O–H groups in total. The molecule has 5 atom stereocenters. The van der Waals surface area contributed by atoms with Gasteiger partial charge in [-0.05, 0) is 6.92 Å². The van der Waals surface area contributed by atoms with Crippen molar-refractivity contribution in [3.63, 3.8) is 0 Å². The zero-order chi connectivity index (χ0) is 10.7. The monoisotopic (exact) mass is 208 g/mol. The minimum Gasteiger partial charge on any atom is -0.394 e. The maximum absolute atomic E-state index is 9.41. The number of rotatable bonds is 3. The Labute approximate surface area is 81.7 Å². The van der Waals surface area contributed by atoms with E-state index in [4.69, 9.17) is 14.6 Å². The van der Waals surface area contributed by atoms with E-state index in [9.17, 15) is 15.3 Å². The van der Waals surface area contributed by atoms with Gasteiger partial charge in [-0.15, -0.1) is 0 Å². The maximum atomic E-state index is 9.41. The fourth-order valence-electron chi connectivity index (χ4n) is 1.32. The summed E-state index contributed by atoms with van der Waals surface area (Å²) in [5.74, 6) is 0. The molecular formula is C8H16O6. The van der Waals surface area contributed by atoms with Crippen molar-refractivity contribution in [2.45, 2.75) is 37.6 Å². The third kappa shape index (κ3) is 2.41. The van der Waals surface area contributed by atoms with E-state index < -0.39 is 30.7 Å². The number of aliphatic hydroxyl groups is 4. The SMILES string of the molecule is CC1O[C@@H](OCCO)C(O)C(O)C1O. The van der Waals surface area contributed by atoms with Crippen molar-refractivity contribution in [2.75, 3.05) is 13.2 Å². The molecule has 1 saturated heterocycles. The normalized spacial score (nSPS) is 43.9. The Morgan fingerprint density at radius 2 is 1.79 bits per heavy atom. The van der Waals surface area contributed by atoms with Gasteiger partial charge in [0.15, 0.2) is 6.29 Å². The lowest BCUT2D eigenvalue weighted by Gasteiger charge is -2.38. The van der Waals surface area contributed by atoms with Crippen LogP contribution in [0.4, 0.5) is 0 Å². The maximum Gasteiger partial charge on any atom is 0.186 e. The van der Waals surface area contributed by atoms with E-state index in [2.05, 4.69) is 0 Å². The van der Waals surface area contributed by atoms with E-state index in [1.807, 2.05) is 0 Å². The molecule has 0 amide bonds. The summed E-state index contributed by atoms with van der Waals surface area (Å²) in [6, 6.07) is 0. The molecule has 0 aromatic carbocycles. The van der Waals surface area contributed by atoms with Crippen molar-refractivity contribution < 1.29 is 29.9 Å². The fourth-order valence-corrected chi connectivity index (χ4v) is 1.32. The minimum absolute atomic E-state index is 0.0112. The average molecular weight is 208 g/mol. The van der Waals surface area contributed by atoms with E-state index in [-0.39, 0.29) is 13.2 Å². The van der Waals surface area contributed by atoms with Crippen molar-refractivity contribution in [1.29, 1.82) is 0 Å². The van der Waals surface area contributed by atoms with Gasteiger partial charge in [0, 0.05) is 0 Å². The quantitative estimate of drug-likeness (QED) is 0.421. The molecule has 4 unspecified atom stereocenters. The summed E-state index contributed by atoms with van der Waals surface area (Å²) < 4.78 is 10.0. The van der Waals surface area contributed by atoms with Crippen LogP contribution in [-0.2, 0) is 9.47 Å². The minimum atomic E-state index is -1.30. The Morgan fingerprint density at radius 3 is 2.36 bits per heavy atom. The van der Waals surface area contributed by atoms with Crippen LogP contribution in [0.25, 0.3) is 0 Å². The van der Waals surface area contributed by atoms with Crippen LogP contribution >= 0.6 is 0 Å². The predicted molar refractivity (Wildman–Crippen MR) is 45.4 cm³/mol. The first-order valence-corrected chi connectivity index (χ1v) is 4.50. The number of aliphatic hydroxyl groups excluding tert-OH is 4. The lowest BCUT2D eigenvalue weighted by atomic mass is 10.0. The second-order valence-corrected chi connectivity index (χ2v) is 3.28. The molecule has 1 aliphatic rings. The van der Waals surface area contributed by atoms with Crippen LogP contribution in [0.3, 0.4) is 0 Å². The van der Waals surface area contributed by atoms with Crippen LogP contribution in [-0.4, -0.2) is 64.3 Å². The van der Waals surface area contributed by atoms with Gasteiger partial charge in [0.25, 0.3) is 0 Å². The van der Waals surface area contributed by atoms with E-state index in [0.29, 0.717) is 0 Å². The van der Waals surface area contributed by atoms with Crippen LogP contribution in [0.15, 0.2) is 0 Å². The number of ether oxygens (including phenoxy) is 2. The molecule has 1 aliphatic heterocycles. The molecule has 6 heteroatoms. The highest BCUT2D eigenvalue weighted by atomic mass is 16.7. The van der Waals surface area contributed by atoms with Crippen molar-refractivity contribution in [1.82, 2.24) is 0 Å². The summed E-state index contributed by atoms with van der Waals surface area (Å²) in [5.41, 5.74) is 0. The highest BCUT2D eigenvalue weighted by Gasteiger charge is 2.42. The zero-order valence-electron chi connectivity index (χ0n) is 7.91. The summed E-state index contributed by atoms with van der Waals surface area (Å²) >= 11 is 0. The van der Waals surface area contributed by atoms with Crippen LogP contribution < -0.4 is 0 Å². The highest BCUT2D eigenvalue weighted by molar-refractivity contribution is 4.86. The van der Waals surface area contributed by atoms with Gasteiger partial charge < -0.3 is 29.9 Å². The molecule has 84 valence electrons. The third-order valence-corrected chi connectivity index (χ3v) is 2.18. The largest absolute Gasteiger partial charge is 0.394 e. The molecule has 1 fully saturated rings. The molecule has 14 heavy (non-hydrogen) atoms. The zero-order valence-corrected chi connectivity index (χ0v) is 7.91. The van der Waals surface area contributed by atoms with Gasteiger partial charge in [-0.1, -0.05) is 0 Å². The van der Waals surface area contributed by atoms with Crippen molar-refractivity contribution >= 4 is 0 Å². The smallest absolute Gasteiger partial charge is 0.186 e. The lowest BCUT2D eigenvalue weighted by molar-refractivity contribution is -0.294. The average Bonchev–Trinajstić information content (AvgIpc) is 2.18. The van der Waals surface area contributed by atoms with E-state index in [1.165, 1.54) is 0 Å². The first-order valence-electron chi connectivity index (χ1n) is 4.50. The molecule has 0 aromatic heterocycles. The molecule has 0 bridgehead atoms. The second-order valence-electron chi connectivity index (χ2n) is 3.28. The number of hydrogen-bond donors (Lipinski definition) is 4. The topological polar surface area (TPSA) is 99.4 Å². The Bertz CT molecular complexity index is 175. The van der Waals surface area contributed by atoms with Crippen molar-refractivity contribution in [3.05, 3.63) is 0 Å². The fraction of sp³-hybridized carbons (Fsp3) is 1.00. The van der Waals surface area contributed by atoms with Crippen LogP contribution in [0.1, 0.15) is 6.92 Å². The molecule has 0 radical (unpaired) electrons. The first-order chi connectivity index (χ1) is 6.57. The van der Waals surface area contributed by atoms with E-state index in [0.717, 1.165) is 0 Å². The molecule has 0 aliphatic carbocycles. The molecule has 0 saturated carbocycles.